The summed E-state index contributed by atoms with van der Waals surface area (Å²) in [4.78, 5) is 26.0. The Balaban J connectivity index is 1.95. The van der Waals surface area contributed by atoms with Crippen molar-refractivity contribution in [1.82, 2.24) is 15.7 Å². The number of hydroxylamine groups is 1. The maximum absolute atomic E-state index is 12.0. The van der Waals surface area contributed by atoms with E-state index >= 15 is 0 Å². The second kappa shape index (κ2) is 9.48. The Morgan fingerprint density at radius 2 is 1.93 bits per heavy atom. The van der Waals surface area contributed by atoms with E-state index in [1.165, 1.54) is 5.48 Å². The number of morpholine rings is 1. The maximum atomic E-state index is 12.0. The van der Waals surface area contributed by atoms with Crippen LogP contribution >= 0.6 is 0 Å². The van der Waals surface area contributed by atoms with Crippen LogP contribution in [0.2, 0.25) is 0 Å². The van der Waals surface area contributed by atoms with Gasteiger partial charge < -0.3 is 15.8 Å². The van der Waals surface area contributed by atoms with Gasteiger partial charge in [-0.3, -0.25) is 19.7 Å². The predicted octanol–water partition coefficient (Wildman–Crippen LogP) is -0.402. The van der Waals surface area contributed by atoms with Crippen molar-refractivity contribution in [2.24, 2.45) is 5.73 Å². The van der Waals surface area contributed by atoms with Crippen LogP contribution in [0.15, 0.2) is 24.3 Å². The Bertz CT molecular complexity index is 710. The van der Waals surface area contributed by atoms with Gasteiger partial charge in [0.05, 0.1) is 13.2 Å². The number of nitrogens with one attached hydrogen (secondary N) is 2. The first-order valence-electron chi connectivity index (χ1n) is 8.74. The molecular formula is C19H26N4O4. The quantitative estimate of drug-likeness (QED) is 0.316. The van der Waals surface area contributed by atoms with Crippen LogP contribution in [0.3, 0.4) is 0 Å². The summed E-state index contributed by atoms with van der Waals surface area (Å²) in [6, 6.07) is 6.53. The van der Waals surface area contributed by atoms with Gasteiger partial charge in [-0.15, -0.1) is 0 Å². The summed E-state index contributed by atoms with van der Waals surface area (Å²) in [5.74, 6) is 3.74. The Morgan fingerprint density at radius 3 is 2.48 bits per heavy atom. The first-order valence-corrected chi connectivity index (χ1v) is 8.74. The number of carbonyl (C=O) groups is 2. The number of carbonyl (C=O) groups excluding carboxylic acids is 2. The molecule has 5 N–H and O–H groups in total. The van der Waals surface area contributed by atoms with Crippen LogP contribution in [0.1, 0.15) is 25.0 Å². The number of hydrogen-bond donors (Lipinski definition) is 4. The fraction of sp³-hybridized carbons (Fsp3) is 0.474. The summed E-state index contributed by atoms with van der Waals surface area (Å²) >= 11 is 0. The molecule has 0 spiro atoms. The van der Waals surface area contributed by atoms with Gasteiger partial charge in [-0.2, -0.15) is 0 Å². The van der Waals surface area contributed by atoms with Crippen molar-refractivity contribution in [2.75, 3.05) is 26.3 Å². The van der Waals surface area contributed by atoms with Crippen molar-refractivity contribution in [3.63, 3.8) is 0 Å². The third-order valence-corrected chi connectivity index (χ3v) is 4.18. The Morgan fingerprint density at radius 1 is 1.30 bits per heavy atom. The average molecular weight is 374 g/mol. The first-order chi connectivity index (χ1) is 12.8. The smallest absolute Gasteiger partial charge is 0.296 e. The third-order valence-electron chi connectivity index (χ3n) is 4.18. The van der Waals surface area contributed by atoms with Crippen molar-refractivity contribution in [2.45, 2.75) is 32.0 Å². The number of ether oxygens (including phenoxy) is 1. The van der Waals surface area contributed by atoms with Gasteiger partial charge in [-0.1, -0.05) is 18.1 Å². The number of amides is 2. The van der Waals surface area contributed by atoms with Crippen LogP contribution in [0.4, 0.5) is 0 Å². The van der Waals surface area contributed by atoms with Crippen molar-refractivity contribution >= 4 is 11.8 Å². The molecule has 0 aliphatic carbocycles. The Labute approximate surface area is 159 Å². The summed E-state index contributed by atoms with van der Waals surface area (Å²) in [6.45, 7) is 7.33. The lowest BCUT2D eigenvalue weighted by Crippen LogP contribution is -2.61. The molecule has 1 atom stereocenters. The zero-order valence-corrected chi connectivity index (χ0v) is 15.6. The van der Waals surface area contributed by atoms with Gasteiger partial charge in [0.25, 0.3) is 11.8 Å². The lowest BCUT2D eigenvalue weighted by Gasteiger charge is -2.28. The SMILES string of the molecule is CC(C)(N)C(NC(=O)C#Cc1ccc(CN2CCOCC2)cc1)C(=O)NO. The number of rotatable bonds is 5. The van der Waals surface area contributed by atoms with Crippen LogP contribution in [-0.4, -0.2) is 59.8 Å². The molecule has 1 aromatic carbocycles. The van der Waals surface area contributed by atoms with E-state index in [-0.39, 0.29) is 0 Å². The summed E-state index contributed by atoms with van der Waals surface area (Å²) < 4.78 is 5.34. The van der Waals surface area contributed by atoms with E-state index in [0.29, 0.717) is 5.56 Å². The molecule has 0 aromatic heterocycles. The van der Waals surface area contributed by atoms with E-state index in [0.717, 1.165) is 38.4 Å². The molecule has 1 unspecified atom stereocenters. The first kappa shape index (κ1) is 20.9. The number of nitrogens with two attached hydrogens (primary N) is 1. The monoisotopic (exact) mass is 374 g/mol. The van der Waals surface area contributed by atoms with E-state index in [9.17, 15) is 9.59 Å². The molecule has 0 radical (unpaired) electrons. The molecule has 0 saturated carbocycles. The zero-order chi connectivity index (χ0) is 19.9. The van der Waals surface area contributed by atoms with Crippen molar-refractivity contribution < 1.29 is 19.5 Å². The van der Waals surface area contributed by atoms with Crippen LogP contribution in [0.5, 0.6) is 0 Å². The lowest BCUT2D eigenvalue weighted by molar-refractivity contribution is -0.135. The highest BCUT2D eigenvalue weighted by Crippen LogP contribution is 2.09. The highest BCUT2D eigenvalue weighted by atomic mass is 16.5. The zero-order valence-electron chi connectivity index (χ0n) is 15.6. The van der Waals surface area contributed by atoms with Gasteiger partial charge in [0.15, 0.2) is 0 Å². The molecule has 8 heteroatoms. The molecule has 27 heavy (non-hydrogen) atoms. The molecule has 1 aliphatic heterocycles. The molecule has 1 aromatic rings. The molecule has 1 fully saturated rings. The molecule has 1 aliphatic rings. The average Bonchev–Trinajstić information content (AvgIpc) is 2.65. The minimum Gasteiger partial charge on any atom is -0.379 e. The van der Waals surface area contributed by atoms with Crippen LogP contribution in [-0.2, 0) is 20.9 Å². The van der Waals surface area contributed by atoms with E-state index in [2.05, 4.69) is 22.1 Å². The molecular weight excluding hydrogens is 348 g/mol. The highest BCUT2D eigenvalue weighted by Gasteiger charge is 2.32. The number of hydrogen-bond acceptors (Lipinski definition) is 6. The van der Waals surface area contributed by atoms with E-state index in [4.69, 9.17) is 15.7 Å². The van der Waals surface area contributed by atoms with Gasteiger partial charge in [-0.25, -0.2) is 5.48 Å². The fourth-order valence-electron chi connectivity index (χ4n) is 2.66. The topological polar surface area (TPSA) is 117 Å². The molecule has 146 valence electrons. The van der Waals surface area contributed by atoms with Crippen molar-refractivity contribution in [3.05, 3.63) is 35.4 Å². The second-order valence-corrected chi connectivity index (χ2v) is 7.04. The molecule has 8 nitrogen and oxygen atoms in total. The van der Waals surface area contributed by atoms with Crippen molar-refractivity contribution in [3.8, 4) is 11.8 Å². The molecule has 1 saturated heterocycles. The molecule has 1 heterocycles. The maximum Gasteiger partial charge on any atom is 0.296 e. The van der Waals surface area contributed by atoms with Crippen LogP contribution < -0.4 is 16.5 Å². The fourth-order valence-corrected chi connectivity index (χ4v) is 2.66. The Hall–Kier alpha value is -2.44. The number of benzene rings is 1. The lowest BCUT2D eigenvalue weighted by atomic mass is 9.95. The minimum atomic E-state index is -1.11. The normalized spacial score (nSPS) is 16.0. The van der Waals surface area contributed by atoms with E-state index in [1.54, 1.807) is 13.8 Å². The van der Waals surface area contributed by atoms with Gasteiger partial charge >= 0.3 is 0 Å². The van der Waals surface area contributed by atoms with Gasteiger partial charge in [0.1, 0.15) is 6.04 Å². The molecule has 2 amide bonds. The van der Waals surface area contributed by atoms with Gasteiger partial charge in [0.2, 0.25) is 0 Å². The van der Waals surface area contributed by atoms with Gasteiger partial charge in [-0.05, 0) is 31.5 Å². The number of nitrogens with zero attached hydrogens (tertiary/aromatic N) is 1. The van der Waals surface area contributed by atoms with E-state index in [1.807, 2.05) is 24.3 Å². The van der Waals surface area contributed by atoms with Crippen LogP contribution in [0.25, 0.3) is 0 Å². The van der Waals surface area contributed by atoms with Gasteiger partial charge in [0, 0.05) is 36.7 Å². The summed E-state index contributed by atoms with van der Waals surface area (Å²) in [5, 5.41) is 11.2. The standard InChI is InChI=1S/C19H26N4O4/c1-19(2,20)17(18(25)22-26)21-16(24)8-7-14-3-5-15(6-4-14)13-23-9-11-27-12-10-23/h3-6,17,26H,9-13,20H2,1-2H3,(H,21,24)(H,22,25). The summed E-state index contributed by atoms with van der Waals surface area (Å²) in [5.41, 5.74) is 8.14. The Kier molecular flexibility index (Phi) is 7.33. The summed E-state index contributed by atoms with van der Waals surface area (Å²) in [7, 11) is 0. The largest absolute Gasteiger partial charge is 0.379 e. The van der Waals surface area contributed by atoms with Crippen LogP contribution in [0, 0.1) is 11.8 Å². The second-order valence-electron chi connectivity index (χ2n) is 7.04. The third kappa shape index (κ3) is 6.66. The molecule has 2 rings (SSSR count). The van der Waals surface area contributed by atoms with E-state index < -0.39 is 23.4 Å². The molecule has 0 bridgehead atoms. The van der Waals surface area contributed by atoms with Crippen molar-refractivity contribution in [1.29, 1.82) is 0 Å². The minimum absolute atomic E-state index is 0.653. The predicted molar refractivity (Wildman–Crippen MR) is 99.5 cm³/mol. The summed E-state index contributed by atoms with van der Waals surface area (Å²) in [6.07, 6.45) is 0. The highest BCUT2D eigenvalue weighted by molar-refractivity contribution is 5.97.